The van der Waals surface area contributed by atoms with Crippen molar-refractivity contribution in [1.29, 1.82) is 0 Å². The minimum Gasteiger partial charge on any atom is -0.491 e. The maximum Gasteiger partial charge on any atom is 0.408 e. The summed E-state index contributed by atoms with van der Waals surface area (Å²) in [6.45, 7) is 12.9. The highest BCUT2D eigenvalue weighted by Crippen LogP contribution is 2.52. The number of aromatic nitrogens is 2. The van der Waals surface area contributed by atoms with Gasteiger partial charge in [0.1, 0.15) is 53.6 Å². The van der Waals surface area contributed by atoms with E-state index in [2.05, 4.69) is 16.0 Å². The summed E-state index contributed by atoms with van der Waals surface area (Å²) in [5, 5.41) is 22.6. The topological polar surface area (TPSA) is 200 Å². The Morgan fingerprint density at radius 2 is 1.81 bits per heavy atom. The van der Waals surface area contributed by atoms with Crippen LogP contribution in [0.2, 0.25) is 0 Å². The third-order valence-electron chi connectivity index (χ3n) is 13.0. The van der Waals surface area contributed by atoms with Gasteiger partial charge < -0.3 is 49.6 Å². The van der Waals surface area contributed by atoms with Gasteiger partial charge in [0.2, 0.25) is 11.8 Å². The van der Waals surface area contributed by atoms with Gasteiger partial charge in [0.15, 0.2) is 11.4 Å². The van der Waals surface area contributed by atoms with Crippen molar-refractivity contribution in [2.75, 3.05) is 31.7 Å². The number of nitrogens with zero attached hydrogens (tertiary/aromatic N) is 3. The number of alkyl carbamates (subject to hydrolysis) is 1. The van der Waals surface area contributed by atoms with Gasteiger partial charge in [0, 0.05) is 42.0 Å². The zero-order valence-electron chi connectivity index (χ0n) is 37.1. The molecule has 342 valence electrons. The molecule has 2 aromatic heterocycles. The molecule has 0 bridgehead atoms. The molecule has 8 rings (SSSR count). The first-order valence-electron chi connectivity index (χ1n) is 22.6. The Labute approximate surface area is 372 Å². The molecular weight excluding hydrogens is 829 g/mol. The number of hydrogen-bond acceptors (Lipinski definition) is 13. The Balaban J connectivity index is 1.06. The molecule has 9 atom stereocenters. The Morgan fingerprint density at radius 3 is 2.49 bits per heavy atom. The second-order valence-corrected chi connectivity index (χ2v) is 20.1. The largest absolute Gasteiger partial charge is 0.491 e. The monoisotopic (exact) mass is 890 g/mol. The third-order valence-corrected chi connectivity index (χ3v) is 13.8. The lowest BCUT2D eigenvalue weighted by Gasteiger charge is -2.35. The molecular formula is C46H62N6O10S. The summed E-state index contributed by atoms with van der Waals surface area (Å²) in [4.78, 5) is 66.2. The van der Waals surface area contributed by atoms with Gasteiger partial charge in [-0.2, -0.15) is 0 Å². The van der Waals surface area contributed by atoms with Crippen LogP contribution in [0.5, 0.6) is 11.5 Å². The molecule has 63 heavy (non-hydrogen) atoms. The molecule has 0 radical (unpaired) electrons. The zero-order chi connectivity index (χ0) is 44.6. The number of carbonyl (C=O) groups excluding carboxylic acids is 3. The lowest BCUT2D eigenvalue weighted by atomic mass is 9.85. The molecule has 4 heterocycles. The minimum atomic E-state index is -1.41. The van der Waals surface area contributed by atoms with E-state index in [0.717, 1.165) is 37.2 Å². The first kappa shape index (κ1) is 44.9. The highest BCUT2D eigenvalue weighted by Gasteiger charge is 2.61. The predicted octanol–water partition coefficient (Wildman–Crippen LogP) is 6.76. The molecule has 1 aromatic carbocycles. The number of nitrogens with one attached hydrogen (secondary N) is 3. The lowest BCUT2D eigenvalue weighted by Crippen LogP contribution is -2.59. The lowest BCUT2D eigenvalue weighted by molar-refractivity contribution is -0.165. The van der Waals surface area contributed by atoms with E-state index in [1.54, 1.807) is 0 Å². The Kier molecular flexibility index (Phi) is 13.1. The van der Waals surface area contributed by atoms with Crippen LogP contribution < -0.4 is 25.4 Å². The number of benzene rings is 1. The summed E-state index contributed by atoms with van der Waals surface area (Å²) in [5.74, 6) is -0.144. The first-order valence-corrected chi connectivity index (χ1v) is 23.5. The van der Waals surface area contributed by atoms with Gasteiger partial charge in [-0.15, -0.1) is 11.3 Å². The number of rotatable bonds is 17. The number of amides is 3. The van der Waals surface area contributed by atoms with Gasteiger partial charge in [0.25, 0.3) is 0 Å². The van der Waals surface area contributed by atoms with E-state index in [4.69, 9.17) is 33.7 Å². The molecule has 3 amide bonds. The van der Waals surface area contributed by atoms with Gasteiger partial charge in [0.05, 0.1) is 24.4 Å². The van der Waals surface area contributed by atoms with Crippen LogP contribution in [0.25, 0.3) is 22.3 Å². The minimum absolute atomic E-state index is 0.00625. The summed E-state index contributed by atoms with van der Waals surface area (Å²) >= 11 is 1.46. The Hall–Kier alpha value is -4.74. The number of pyridine rings is 1. The highest BCUT2D eigenvalue weighted by atomic mass is 32.1. The van der Waals surface area contributed by atoms with Crippen molar-refractivity contribution >= 4 is 51.2 Å². The molecule has 4 N–H and O–H groups in total. The summed E-state index contributed by atoms with van der Waals surface area (Å²) in [7, 11) is 0. The van der Waals surface area contributed by atoms with Crippen LogP contribution in [-0.2, 0) is 28.6 Å². The van der Waals surface area contributed by atoms with Crippen LogP contribution in [0.1, 0.15) is 99.3 Å². The fourth-order valence-corrected chi connectivity index (χ4v) is 10.3. The molecule has 0 spiro atoms. The maximum atomic E-state index is 14.8. The van der Waals surface area contributed by atoms with Crippen molar-refractivity contribution in [1.82, 2.24) is 25.5 Å². The van der Waals surface area contributed by atoms with E-state index in [9.17, 15) is 24.3 Å². The number of ether oxygens (including phenoxy) is 5. The van der Waals surface area contributed by atoms with Crippen molar-refractivity contribution in [3.05, 3.63) is 29.6 Å². The number of carboxylic acid groups (broad SMARTS) is 1. The second-order valence-electron chi connectivity index (χ2n) is 19.3. The molecule has 5 aliphatic rings. The molecule has 2 aliphatic heterocycles. The fraction of sp³-hybridized carbons (Fsp3) is 0.652. The van der Waals surface area contributed by atoms with Crippen molar-refractivity contribution in [2.24, 2.45) is 23.2 Å². The average molecular weight is 891 g/mol. The van der Waals surface area contributed by atoms with Crippen LogP contribution in [0, 0.1) is 23.2 Å². The van der Waals surface area contributed by atoms with Crippen molar-refractivity contribution < 1.29 is 48.0 Å². The number of anilines is 1. The van der Waals surface area contributed by atoms with Crippen LogP contribution in [0.15, 0.2) is 29.6 Å². The third kappa shape index (κ3) is 10.3. The van der Waals surface area contributed by atoms with Crippen molar-refractivity contribution in [2.45, 2.75) is 141 Å². The maximum absolute atomic E-state index is 14.8. The fourth-order valence-electron chi connectivity index (χ4n) is 9.40. The van der Waals surface area contributed by atoms with Crippen LogP contribution in [0.4, 0.5) is 9.93 Å². The number of thiazole rings is 1. The normalized spacial score (nSPS) is 28.0. The molecule has 3 unspecified atom stereocenters. The van der Waals surface area contributed by atoms with Gasteiger partial charge in [-0.3, -0.25) is 9.59 Å². The van der Waals surface area contributed by atoms with Gasteiger partial charge in [-0.25, -0.2) is 19.6 Å². The van der Waals surface area contributed by atoms with Crippen LogP contribution in [-0.4, -0.2) is 112 Å². The molecule has 5 fully saturated rings. The van der Waals surface area contributed by atoms with Gasteiger partial charge >= 0.3 is 12.1 Å². The Morgan fingerprint density at radius 1 is 1.02 bits per heavy atom. The number of carboxylic acids is 1. The van der Waals surface area contributed by atoms with E-state index >= 15 is 0 Å². The summed E-state index contributed by atoms with van der Waals surface area (Å²) in [6, 6.07) is 5.38. The van der Waals surface area contributed by atoms with Crippen LogP contribution in [0.3, 0.4) is 0 Å². The number of fused-ring (bicyclic) bond motifs is 2. The summed E-state index contributed by atoms with van der Waals surface area (Å²) in [5.41, 5.74) is -0.408. The number of likely N-dealkylation sites (tertiary alicyclic amines) is 1. The molecule has 2 saturated heterocycles. The highest BCUT2D eigenvalue weighted by molar-refractivity contribution is 7.14. The average Bonchev–Trinajstić information content (AvgIpc) is 3.91. The van der Waals surface area contributed by atoms with Crippen LogP contribution >= 0.6 is 11.3 Å². The Bertz CT molecular complexity index is 2160. The molecule has 3 saturated carbocycles. The van der Waals surface area contributed by atoms with Crippen molar-refractivity contribution in [3.63, 3.8) is 0 Å². The van der Waals surface area contributed by atoms with Crippen molar-refractivity contribution in [3.8, 4) is 22.9 Å². The summed E-state index contributed by atoms with van der Waals surface area (Å²) in [6.07, 6.45) is 4.97. The van der Waals surface area contributed by atoms with E-state index < -0.39 is 53.0 Å². The first-order chi connectivity index (χ1) is 30.1. The predicted molar refractivity (Wildman–Crippen MR) is 236 cm³/mol. The quantitative estimate of drug-likeness (QED) is 0.104. The van der Waals surface area contributed by atoms with E-state index in [0.29, 0.717) is 78.3 Å². The molecule has 3 aromatic rings. The molecule has 16 nitrogen and oxygen atoms in total. The van der Waals surface area contributed by atoms with E-state index in [1.165, 1.54) is 22.7 Å². The molecule has 17 heteroatoms. The zero-order valence-corrected chi connectivity index (χ0v) is 38.0. The number of hydrogen-bond donors (Lipinski definition) is 4. The number of aliphatic carboxylic acids is 1. The van der Waals surface area contributed by atoms with E-state index in [1.807, 2.05) is 71.2 Å². The second kappa shape index (κ2) is 18.4. The standard InChI is InChI=1S/C46H62N6O10S/c1-7-28-22-46(28,42(55)56)51-40(53)36-20-31(23-52(36)41(54)39(45(4,5)6)50-44(57)62-30-17-26-16-27(26)18-30)61-37-21-34(35-24-63-43(49-35)47-25(2)3)48-33-19-29(11-12-32(33)37)58-14-15-60-38-10-8-9-13-59-38/h11-12,19,21,24-28,30-31,36,38-39H,7-10,13-18,20,22-23H2,1-6H3,(H,47,49)(H,50,57)(H,51,53)(H,55,56)/t26-,27+,28-,30?,31+,36+,38?,39-,46?/m1/s1. The van der Waals surface area contributed by atoms with E-state index in [-0.39, 0.29) is 37.3 Å². The number of carbonyl (C=O) groups is 4. The molecule has 3 aliphatic carbocycles. The summed E-state index contributed by atoms with van der Waals surface area (Å²) < 4.78 is 30.3. The SMILES string of the molecule is CC[C@@H]1CC1(NC(=O)[C@@H]1C[C@H](Oc2cc(-c3csc(NC(C)C)n3)nc3cc(OCCOC4CCCCO4)ccc23)CN1C(=O)[C@@H](NC(=O)OC1C[C@@H]2C[C@@H]2C1)C(C)(C)C)C(=O)O. The smallest absolute Gasteiger partial charge is 0.408 e. The van der Waals surface area contributed by atoms with Gasteiger partial charge in [-0.1, -0.05) is 34.1 Å². The van der Waals surface area contributed by atoms with Gasteiger partial charge in [-0.05, 0) is 94.1 Å².